The zero-order chi connectivity index (χ0) is 13.0. The zero-order valence-corrected chi connectivity index (χ0v) is 11.2. The van der Waals surface area contributed by atoms with E-state index in [-0.39, 0.29) is 17.9 Å². The van der Waals surface area contributed by atoms with Crippen molar-refractivity contribution in [1.82, 2.24) is 5.32 Å². The van der Waals surface area contributed by atoms with E-state index in [1.165, 1.54) is 0 Å². The quantitative estimate of drug-likeness (QED) is 0.852. The van der Waals surface area contributed by atoms with Crippen molar-refractivity contribution in [1.29, 1.82) is 0 Å². The first kappa shape index (κ1) is 13.2. The lowest BCUT2D eigenvalue weighted by molar-refractivity contribution is -0.123. The predicted molar refractivity (Wildman–Crippen MR) is 72.2 cm³/mol. The highest BCUT2D eigenvalue weighted by atomic mass is 35.5. The van der Waals surface area contributed by atoms with E-state index in [4.69, 9.17) is 16.3 Å². The van der Waals surface area contributed by atoms with E-state index in [1.54, 1.807) is 0 Å². The monoisotopic (exact) mass is 267 g/mol. The molecule has 0 bridgehead atoms. The number of hydrogen-bond donors (Lipinski definition) is 1. The van der Waals surface area contributed by atoms with E-state index in [0.717, 1.165) is 24.2 Å². The summed E-state index contributed by atoms with van der Waals surface area (Å²) in [5, 5.41) is 3.00. The van der Waals surface area contributed by atoms with Gasteiger partial charge in [-0.05, 0) is 18.9 Å². The minimum atomic E-state index is -0.118. The third kappa shape index (κ3) is 2.78. The Morgan fingerprint density at radius 3 is 3.06 bits per heavy atom. The average molecular weight is 268 g/mol. The maximum Gasteiger partial charge on any atom is 0.228 e. The summed E-state index contributed by atoms with van der Waals surface area (Å²) in [6.07, 6.45) is 1.57. The number of benzene rings is 1. The molecule has 1 aromatic rings. The van der Waals surface area contributed by atoms with Crippen LogP contribution in [0.25, 0.3) is 0 Å². The molecule has 1 heterocycles. The van der Waals surface area contributed by atoms with Crippen LogP contribution >= 0.6 is 11.6 Å². The van der Waals surface area contributed by atoms with Crippen molar-refractivity contribution in [3.8, 4) is 5.75 Å². The lowest BCUT2D eigenvalue weighted by Gasteiger charge is -2.26. The van der Waals surface area contributed by atoms with E-state index in [9.17, 15) is 4.79 Å². The van der Waals surface area contributed by atoms with Crippen LogP contribution in [0.4, 0.5) is 0 Å². The van der Waals surface area contributed by atoms with E-state index < -0.39 is 0 Å². The van der Waals surface area contributed by atoms with Gasteiger partial charge in [0.1, 0.15) is 5.75 Å². The summed E-state index contributed by atoms with van der Waals surface area (Å²) in [6.45, 7) is 2.61. The number of carbonyl (C=O) groups is 1. The van der Waals surface area contributed by atoms with Gasteiger partial charge in [-0.15, -0.1) is 11.6 Å². The molecule has 1 N–H and O–H groups in total. The minimum absolute atomic E-state index is 0.0502. The van der Waals surface area contributed by atoms with Crippen LogP contribution in [-0.2, 0) is 4.79 Å². The molecule has 4 heteroatoms. The number of carbonyl (C=O) groups excluding carboxylic acids is 1. The fourth-order valence-electron chi connectivity index (χ4n) is 2.17. The summed E-state index contributed by atoms with van der Waals surface area (Å²) >= 11 is 5.81. The molecule has 0 saturated carbocycles. The van der Waals surface area contributed by atoms with Crippen molar-refractivity contribution in [2.24, 2.45) is 0 Å². The highest BCUT2D eigenvalue weighted by Gasteiger charge is 2.28. The summed E-state index contributed by atoms with van der Waals surface area (Å²) < 4.78 is 5.56. The van der Waals surface area contributed by atoms with Crippen LogP contribution < -0.4 is 10.1 Å². The van der Waals surface area contributed by atoms with Gasteiger partial charge in [0.15, 0.2) is 0 Å². The number of amides is 1. The second kappa shape index (κ2) is 6.10. The molecule has 0 fully saturated rings. The van der Waals surface area contributed by atoms with Gasteiger partial charge < -0.3 is 10.1 Å². The van der Waals surface area contributed by atoms with Gasteiger partial charge in [0.25, 0.3) is 0 Å². The molecule has 1 aliphatic rings. The molecule has 3 nitrogen and oxygen atoms in total. The first-order chi connectivity index (χ1) is 8.76. The molecular weight excluding hydrogens is 250 g/mol. The summed E-state index contributed by atoms with van der Waals surface area (Å²) in [6, 6.07) is 7.78. The average Bonchev–Trinajstić information content (AvgIpc) is 2.43. The van der Waals surface area contributed by atoms with Crippen LogP contribution in [0, 0.1) is 0 Å². The molecule has 2 atom stereocenters. The van der Waals surface area contributed by atoms with Crippen LogP contribution in [0.3, 0.4) is 0 Å². The van der Waals surface area contributed by atoms with Crippen LogP contribution in [0.15, 0.2) is 24.3 Å². The predicted octanol–water partition coefficient (Wildman–Crippen LogP) is 2.69. The molecule has 18 heavy (non-hydrogen) atoms. The molecule has 0 aliphatic carbocycles. The number of halogens is 1. The Labute approximate surface area is 112 Å². The molecule has 0 spiro atoms. The van der Waals surface area contributed by atoms with Crippen molar-refractivity contribution < 1.29 is 9.53 Å². The molecule has 2 rings (SSSR count). The number of para-hydroxylation sites is 1. The van der Waals surface area contributed by atoms with Gasteiger partial charge >= 0.3 is 0 Å². The summed E-state index contributed by atoms with van der Waals surface area (Å²) in [7, 11) is 0. The van der Waals surface area contributed by atoms with E-state index in [0.29, 0.717) is 12.5 Å². The van der Waals surface area contributed by atoms with Gasteiger partial charge in [0.05, 0.1) is 12.5 Å². The largest absolute Gasteiger partial charge is 0.493 e. The van der Waals surface area contributed by atoms with E-state index in [2.05, 4.69) is 5.32 Å². The van der Waals surface area contributed by atoms with Crippen molar-refractivity contribution in [3.63, 3.8) is 0 Å². The third-order valence-corrected chi connectivity index (χ3v) is 3.67. The van der Waals surface area contributed by atoms with Gasteiger partial charge in [-0.25, -0.2) is 0 Å². The molecule has 2 unspecified atom stereocenters. The topological polar surface area (TPSA) is 38.3 Å². The SMILES string of the molecule is CCC(CCl)NC(=O)C1CCOc2ccccc21. The molecule has 0 saturated heterocycles. The van der Waals surface area contributed by atoms with Crippen LogP contribution in [0.1, 0.15) is 31.2 Å². The summed E-state index contributed by atoms with van der Waals surface area (Å²) in [5.41, 5.74) is 0.977. The van der Waals surface area contributed by atoms with Gasteiger partial charge in [-0.2, -0.15) is 0 Å². The van der Waals surface area contributed by atoms with Gasteiger partial charge in [0, 0.05) is 17.5 Å². The Kier molecular flexibility index (Phi) is 4.48. The Morgan fingerprint density at radius 2 is 2.33 bits per heavy atom. The van der Waals surface area contributed by atoms with Crippen molar-refractivity contribution in [2.75, 3.05) is 12.5 Å². The highest BCUT2D eigenvalue weighted by molar-refractivity contribution is 6.18. The van der Waals surface area contributed by atoms with Crippen molar-refractivity contribution in [2.45, 2.75) is 31.7 Å². The Balaban J connectivity index is 2.12. The van der Waals surface area contributed by atoms with Crippen LogP contribution in [0.5, 0.6) is 5.75 Å². The first-order valence-corrected chi connectivity index (χ1v) is 6.87. The fraction of sp³-hybridized carbons (Fsp3) is 0.500. The maximum absolute atomic E-state index is 12.3. The molecule has 98 valence electrons. The summed E-state index contributed by atoms with van der Waals surface area (Å²) in [4.78, 5) is 12.3. The Morgan fingerprint density at radius 1 is 1.56 bits per heavy atom. The lowest BCUT2D eigenvalue weighted by atomic mass is 9.92. The number of hydrogen-bond acceptors (Lipinski definition) is 2. The van der Waals surface area contributed by atoms with Crippen molar-refractivity contribution in [3.05, 3.63) is 29.8 Å². The standard InChI is InChI=1S/C14H18ClNO2/c1-2-10(9-15)16-14(17)12-7-8-18-13-6-4-3-5-11(12)13/h3-6,10,12H,2,7-9H2,1H3,(H,16,17). The van der Waals surface area contributed by atoms with E-state index >= 15 is 0 Å². The zero-order valence-electron chi connectivity index (χ0n) is 10.5. The smallest absolute Gasteiger partial charge is 0.228 e. The number of rotatable bonds is 4. The third-order valence-electron chi connectivity index (χ3n) is 3.30. The molecule has 0 aromatic heterocycles. The highest BCUT2D eigenvalue weighted by Crippen LogP contribution is 2.33. The lowest BCUT2D eigenvalue weighted by Crippen LogP contribution is -2.40. The Bertz CT molecular complexity index is 418. The molecule has 0 radical (unpaired) electrons. The van der Waals surface area contributed by atoms with Crippen LogP contribution in [0.2, 0.25) is 0 Å². The molecular formula is C14H18ClNO2. The molecule has 1 aromatic carbocycles. The normalized spacial score (nSPS) is 19.6. The minimum Gasteiger partial charge on any atom is -0.493 e. The second-order valence-corrected chi connectivity index (χ2v) is 4.80. The molecule has 1 amide bonds. The number of alkyl halides is 1. The van der Waals surface area contributed by atoms with Crippen molar-refractivity contribution >= 4 is 17.5 Å². The second-order valence-electron chi connectivity index (χ2n) is 4.50. The first-order valence-electron chi connectivity index (χ1n) is 6.34. The molecule has 1 aliphatic heterocycles. The van der Waals surface area contributed by atoms with Gasteiger partial charge in [-0.1, -0.05) is 25.1 Å². The fourth-order valence-corrected chi connectivity index (χ4v) is 2.46. The maximum atomic E-state index is 12.3. The Hall–Kier alpha value is -1.22. The summed E-state index contributed by atoms with van der Waals surface area (Å²) in [5.74, 6) is 1.21. The number of ether oxygens (including phenoxy) is 1. The van der Waals surface area contributed by atoms with Gasteiger partial charge in [-0.3, -0.25) is 4.79 Å². The van der Waals surface area contributed by atoms with Gasteiger partial charge in [0.2, 0.25) is 5.91 Å². The van der Waals surface area contributed by atoms with Crippen LogP contribution in [-0.4, -0.2) is 24.4 Å². The van der Waals surface area contributed by atoms with E-state index in [1.807, 2.05) is 31.2 Å². The number of nitrogens with one attached hydrogen (secondary N) is 1. The number of fused-ring (bicyclic) bond motifs is 1.